The van der Waals surface area contributed by atoms with E-state index in [4.69, 9.17) is 4.74 Å². The van der Waals surface area contributed by atoms with Crippen LogP contribution in [0, 0.1) is 11.6 Å². The Kier molecular flexibility index (Phi) is 6.17. The Bertz CT molecular complexity index is 1140. The molecule has 9 nitrogen and oxygen atoms in total. The highest BCUT2D eigenvalue weighted by Gasteiger charge is 2.26. The van der Waals surface area contributed by atoms with Crippen LogP contribution < -0.4 is 0 Å². The second-order valence-electron chi connectivity index (χ2n) is 7.21. The highest BCUT2D eigenvalue weighted by molar-refractivity contribution is 6.05. The molecule has 2 heterocycles. The first-order chi connectivity index (χ1) is 15.5. The van der Waals surface area contributed by atoms with E-state index in [9.17, 15) is 18.4 Å². The van der Waals surface area contributed by atoms with Gasteiger partial charge in [-0.3, -0.25) is 9.69 Å². The van der Waals surface area contributed by atoms with Gasteiger partial charge in [0.15, 0.2) is 17.5 Å². The number of carbonyl (C=O) groups excluding carboxylic acids is 2. The van der Waals surface area contributed by atoms with Gasteiger partial charge in [0.2, 0.25) is 0 Å². The molecule has 0 unspecified atom stereocenters. The zero-order valence-electron chi connectivity index (χ0n) is 17.2. The fourth-order valence-electron chi connectivity index (χ4n) is 3.56. The first-order valence-corrected chi connectivity index (χ1v) is 9.89. The molecule has 0 bridgehead atoms. The maximum Gasteiger partial charge on any atom is 0.338 e. The van der Waals surface area contributed by atoms with Crippen LogP contribution >= 0.6 is 0 Å². The number of amides is 1. The fourth-order valence-corrected chi connectivity index (χ4v) is 3.56. The molecule has 1 saturated heterocycles. The monoisotopic (exact) mass is 442 g/mol. The first-order valence-electron chi connectivity index (χ1n) is 9.89. The summed E-state index contributed by atoms with van der Waals surface area (Å²) in [6, 6.07) is 10.0. The standard InChI is InChI=1S/C21H20F2N6O3/c1-32-21(31)16-5-3-2-4-15(16)20(30)28-10-8-27(9-11-28)13-19-24-25-26-29(19)14-6-7-17(22)18(23)12-14/h2-7,12H,8-11,13H2,1H3. The SMILES string of the molecule is COC(=O)c1ccccc1C(=O)N1CCN(Cc2nnnn2-c2ccc(F)c(F)c2)CC1. The van der Waals surface area contributed by atoms with E-state index in [1.165, 1.54) is 17.9 Å². The summed E-state index contributed by atoms with van der Waals surface area (Å²) in [7, 11) is 1.27. The second kappa shape index (κ2) is 9.18. The van der Waals surface area contributed by atoms with Gasteiger partial charge in [-0.05, 0) is 34.7 Å². The molecule has 166 valence electrons. The molecular weight excluding hydrogens is 422 g/mol. The number of benzene rings is 2. The van der Waals surface area contributed by atoms with Crippen LogP contribution in [0.25, 0.3) is 5.69 Å². The van der Waals surface area contributed by atoms with Crippen LogP contribution in [-0.2, 0) is 11.3 Å². The Balaban J connectivity index is 1.42. The van der Waals surface area contributed by atoms with Gasteiger partial charge in [0.05, 0.1) is 30.5 Å². The summed E-state index contributed by atoms with van der Waals surface area (Å²) in [4.78, 5) is 28.7. The minimum Gasteiger partial charge on any atom is -0.465 e. The van der Waals surface area contributed by atoms with Gasteiger partial charge >= 0.3 is 5.97 Å². The van der Waals surface area contributed by atoms with Gasteiger partial charge in [-0.25, -0.2) is 13.6 Å². The normalized spacial score (nSPS) is 14.4. The number of hydrogen-bond donors (Lipinski definition) is 0. The van der Waals surface area contributed by atoms with Crippen LogP contribution in [0.2, 0.25) is 0 Å². The lowest BCUT2D eigenvalue weighted by molar-refractivity contribution is 0.0569. The molecule has 0 radical (unpaired) electrons. The number of methoxy groups -OCH3 is 1. The van der Waals surface area contributed by atoms with Crippen molar-refractivity contribution < 1.29 is 23.1 Å². The van der Waals surface area contributed by atoms with Gasteiger partial charge in [0.1, 0.15) is 0 Å². The van der Waals surface area contributed by atoms with E-state index in [0.717, 1.165) is 12.1 Å². The summed E-state index contributed by atoms with van der Waals surface area (Å²) in [5.74, 6) is -2.26. The number of esters is 1. The minimum absolute atomic E-state index is 0.230. The topological polar surface area (TPSA) is 93.5 Å². The number of tetrazole rings is 1. The maximum atomic E-state index is 13.6. The molecule has 32 heavy (non-hydrogen) atoms. The van der Waals surface area contributed by atoms with Crippen molar-refractivity contribution in [3.05, 3.63) is 71.1 Å². The van der Waals surface area contributed by atoms with Crippen molar-refractivity contribution in [1.29, 1.82) is 0 Å². The van der Waals surface area contributed by atoms with Gasteiger partial charge in [-0.15, -0.1) is 5.10 Å². The number of rotatable bonds is 5. The summed E-state index contributed by atoms with van der Waals surface area (Å²) < 4.78 is 32.9. The molecule has 0 saturated carbocycles. The number of aromatic nitrogens is 4. The van der Waals surface area contributed by atoms with Gasteiger partial charge in [0, 0.05) is 32.2 Å². The molecule has 0 spiro atoms. The van der Waals surface area contributed by atoms with Crippen molar-refractivity contribution in [1.82, 2.24) is 30.0 Å². The zero-order valence-corrected chi connectivity index (χ0v) is 17.2. The fraction of sp³-hybridized carbons (Fsp3) is 0.286. The molecule has 1 aliphatic rings. The molecule has 11 heteroatoms. The van der Waals surface area contributed by atoms with E-state index < -0.39 is 17.6 Å². The van der Waals surface area contributed by atoms with Gasteiger partial charge < -0.3 is 9.64 Å². The van der Waals surface area contributed by atoms with Gasteiger partial charge in [-0.2, -0.15) is 4.68 Å². The van der Waals surface area contributed by atoms with Crippen LogP contribution in [-0.4, -0.2) is 75.2 Å². The van der Waals surface area contributed by atoms with E-state index in [-0.39, 0.29) is 11.5 Å². The number of piperazine rings is 1. The Morgan fingerprint density at radius 3 is 2.41 bits per heavy atom. The third-order valence-corrected chi connectivity index (χ3v) is 5.27. The van der Waals surface area contributed by atoms with Crippen molar-refractivity contribution in [2.75, 3.05) is 33.3 Å². The van der Waals surface area contributed by atoms with E-state index in [0.29, 0.717) is 49.8 Å². The molecule has 3 aromatic rings. The molecule has 1 aromatic heterocycles. The molecule has 0 atom stereocenters. The van der Waals surface area contributed by atoms with Crippen molar-refractivity contribution in [2.24, 2.45) is 0 Å². The second-order valence-corrected chi connectivity index (χ2v) is 7.21. The Morgan fingerprint density at radius 2 is 1.72 bits per heavy atom. The molecule has 1 amide bonds. The van der Waals surface area contributed by atoms with Crippen molar-refractivity contribution in [3.8, 4) is 5.69 Å². The third kappa shape index (κ3) is 4.33. The molecule has 2 aromatic carbocycles. The van der Waals surface area contributed by atoms with E-state index in [2.05, 4.69) is 20.4 Å². The molecule has 1 fully saturated rings. The van der Waals surface area contributed by atoms with Crippen LogP contribution in [0.15, 0.2) is 42.5 Å². The summed E-state index contributed by atoms with van der Waals surface area (Å²) in [5.41, 5.74) is 0.848. The molecule has 0 aliphatic carbocycles. The van der Waals surface area contributed by atoms with Crippen molar-refractivity contribution >= 4 is 11.9 Å². The molecule has 4 rings (SSSR count). The predicted octanol–water partition coefficient (Wildman–Crippen LogP) is 1.69. The van der Waals surface area contributed by atoms with Gasteiger partial charge in [0.25, 0.3) is 5.91 Å². The van der Waals surface area contributed by atoms with Gasteiger partial charge in [-0.1, -0.05) is 12.1 Å². The average molecular weight is 442 g/mol. The quantitative estimate of drug-likeness (QED) is 0.555. The molecule has 0 N–H and O–H groups in total. The number of halogens is 2. The maximum absolute atomic E-state index is 13.6. The highest BCUT2D eigenvalue weighted by Crippen LogP contribution is 2.17. The molecule has 1 aliphatic heterocycles. The average Bonchev–Trinajstić information content (AvgIpc) is 3.28. The summed E-state index contributed by atoms with van der Waals surface area (Å²) in [6.07, 6.45) is 0. The lowest BCUT2D eigenvalue weighted by atomic mass is 10.1. The zero-order chi connectivity index (χ0) is 22.7. The van der Waals surface area contributed by atoms with Crippen molar-refractivity contribution in [3.63, 3.8) is 0 Å². The van der Waals surface area contributed by atoms with E-state index >= 15 is 0 Å². The number of ether oxygens (including phenoxy) is 1. The Morgan fingerprint density at radius 1 is 1.00 bits per heavy atom. The number of hydrogen-bond acceptors (Lipinski definition) is 7. The summed E-state index contributed by atoms with van der Waals surface area (Å²) >= 11 is 0. The van der Waals surface area contributed by atoms with Crippen LogP contribution in [0.4, 0.5) is 8.78 Å². The number of carbonyl (C=O) groups is 2. The largest absolute Gasteiger partial charge is 0.465 e. The first kappa shape index (κ1) is 21.5. The smallest absolute Gasteiger partial charge is 0.338 e. The van der Waals surface area contributed by atoms with Crippen LogP contribution in [0.1, 0.15) is 26.5 Å². The Labute approximate surface area is 182 Å². The summed E-state index contributed by atoms with van der Waals surface area (Å²) in [6.45, 7) is 2.36. The minimum atomic E-state index is -0.983. The molecular formula is C21H20F2N6O3. The van der Waals surface area contributed by atoms with Crippen molar-refractivity contribution in [2.45, 2.75) is 6.54 Å². The third-order valence-electron chi connectivity index (χ3n) is 5.27. The van der Waals surface area contributed by atoms with Crippen LogP contribution in [0.3, 0.4) is 0 Å². The van der Waals surface area contributed by atoms with E-state index in [1.807, 2.05) is 0 Å². The number of nitrogens with zero attached hydrogens (tertiary/aromatic N) is 6. The summed E-state index contributed by atoms with van der Waals surface area (Å²) in [5, 5.41) is 11.5. The predicted molar refractivity (Wildman–Crippen MR) is 108 cm³/mol. The lowest BCUT2D eigenvalue weighted by Gasteiger charge is -2.34. The lowest BCUT2D eigenvalue weighted by Crippen LogP contribution is -2.48. The Hall–Kier alpha value is -3.73. The van der Waals surface area contributed by atoms with Crippen LogP contribution in [0.5, 0.6) is 0 Å². The van der Waals surface area contributed by atoms with E-state index in [1.54, 1.807) is 29.2 Å². The highest BCUT2D eigenvalue weighted by atomic mass is 19.2.